The normalized spacial score (nSPS) is 11.2. The van der Waals surface area contributed by atoms with Crippen molar-refractivity contribution in [2.24, 2.45) is 0 Å². The molecule has 1 amide bonds. The van der Waals surface area contributed by atoms with Crippen LogP contribution in [0.4, 0.5) is 9.18 Å². The van der Waals surface area contributed by atoms with Gasteiger partial charge in [-0.25, -0.2) is 9.18 Å². The highest BCUT2D eigenvalue weighted by Crippen LogP contribution is 2.20. The van der Waals surface area contributed by atoms with Gasteiger partial charge in [0.1, 0.15) is 11.4 Å². The van der Waals surface area contributed by atoms with Gasteiger partial charge in [0.15, 0.2) is 0 Å². The van der Waals surface area contributed by atoms with Crippen molar-refractivity contribution < 1.29 is 13.9 Å². The molecule has 0 aliphatic carbocycles. The summed E-state index contributed by atoms with van der Waals surface area (Å²) in [7, 11) is 0. The molecule has 0 unspecified atom stereocenters. The Morgan fingerprint density at radius 1 is 1.33 bits per heavy atom. The Balaban J connectivity index is 2.06. The lowest BCUT2D eigenvalue weighted by atomic mass is 10.1. The van der Waals surface area contributed by atoms with Crippen molar-refractivity contribution in [1.82, 2.24) is 15.5 Å². The van der Waals surface area contributed by atoms with Crippen molar-refractivity contribution in [3.63, 3.8) is 0 Å². The highest BCUT2D eigenvalue weighted by atomic mass is 19.1. The summed E-state index contributed by atoms with van der Waals surface area (Å²) in [6.45, 7) is 5.54. The molecule has 0 aliphatic heterocycles. The number of hydrogen-bond donors (Lipinski definition) is 2. The van der Waals surface area contributed by atoms with Crippen LogP contribution in [0.1, 0.15) is 26.3 Å². The van der Waals surface area contributed by atoms with Crippen LogP contribution in [-0.2, 0) is 11.3 Å². The molecule has 0 atom stereocenters. The monoisotopic (exact) mass is 291 g/mol. The molecular weight excluding hydrogens is 273 g/mol. The van der Waals surface area contributed by atoms with Crippen LogP contribution in [0.3, 0.4) is 0 Å². The molecule has 0 saturated carbocycles. The maximum absolute atomic E-state index is 13.6. The summed E-state index contributed by atoms with van der Waals surface area (Å²) in [4.78, 5) is 11.6. The molecule has 1 aromatic heterocycles. The van der Waals surface area contributed by atoms with Gasteiger partial charge in [-0.3, -0.25) is 5.10 Å². The summed E-state index contributed by atoms with van der Waals surface area (Å²) in [5, 5.41) is 9.12. The number of amides is 1. The summed E-state index contributed by atoms with van der Waals surface area (Å²) >= 11 is 0. The first-order chi connectivity index (χ1) is 9.83. The Hall–Kier alpha value is -2.37. The standard InChI is InChI=1S/C15H18FN3O2/c1-15(2,3)21-14(20)17-7-10-4-11(6-13(16)5-10)12-8-18-19-9-12/h4-6,8-9H,7H2,1-3H3,(H,17,20)(H,18,19). The minimum atomic E-state index is -0.562. The van der Waals surface area contributed by atoms with E-state index in [-0.39, 0.29) is 12.4 Å². The number of H-pyrrole nitrogens is 1. The molecule has 112 valence electrons. The molecule has 21 heavy (non-hydrogen) atoms. The summed E-state index contributed by atoms with van der Waals surface area (Å²) < 4.78 is 18.8. The average Bonchev–Trinajstić information content (AvgIpc) is 2.87. The molecule has 0 saturated heterocycles. The van der Waals surface area contributed by atoms with Crippen molar-refractivity contribution in [3.05, 3.63) is 42.0 Å². The van der Waals surface area contributed by atoms with Crippen LogP contribution in [-0.4, -0.2) is 21.9 Å². The highest BCUT2D eigenvalue weighted by molar-refractivity contribution is 5.68. The van der Waals surface area contributed by atoms with Gasteiger partial charge in [0.05, 0.1) is 6.20 Å². The van der Waals surface area contributed by atoms with E-state index in [1.54, 1.807) is 39.2 Å². The smallest absolute Gasteiger partial charge is 0.407 e. The van der Waals surface area contributed by atoms with E-state index >= 15 is 0 Å². The van der Waals surface area contributed by atoms with Gasteiger partial charge >= 0.3 is 6.09 Å². The van der Waals surface area contributed by atoms with Crippen molar-refractivity contribution in [2.45, 2.75) is 32.9 Å². The van der Waals surface area contributed by atoms with Crippen molar-refractivity contribution in [3.8, 4) is 11.1 Å². The van der Waals surface area contributed by atoms with E-state index in [2.05, 4.69) is 15.5 Å². The topological polar surface area (TPSA) is 67.0 Å². The van der Waals surface area contributed by atoms with Crippen LogP contribution in [0.15, 0.2) is 30.6 Å². The molecule has 2 N–H and O–H groups in total. The van der Waals surface area contributed by atoms with E-state index in [1.165, 1.54) is 12.1 Å². The Labute approximate surface area is 122 Å². The lowest BCUT2D eigenvalue weighted by Crippen LogP contribution is -2.32. The molecule has 0 fully saturated rings. The zero-order valence-electron chi connectivity index (χ0n) is 12.2. The molecule has 5 nitrogen and oxygen atoms in total. The molecular formula is C15H18FN3O2. The van der Waals surface area contributed by atoms with E-state index in [4.69, 9.17) is 4.74 Å². The minimum absolute atomic E-state index is 0.192. The van der Waals surface area contributed by atoms with Crippen LogP contribution >= 0.6 is 0 Å². The maximum Gasteiger partial charge on any atom is 0.407 e. The predicted octanol–water partition coefficient (Wildman–Crippen LogP) is 3.24. The third kappa shape index (κ3) is 4.59. The summed E-state index contributed by atoms with van der Waals surface area (Å²) in [6.07, 6.45) is 2.76. The molecule has 0 spiro atoms. The van der Waals surface area contributed by atoms with Gasteiger partial charge in [0.2, 0.25) is 0 Å². The van der Waals surface area contributed by atoms with Crippen LogP contribution < -0.4 is 5.32 Å². The van der Waals surface area contributed by atoms with Gasteiger partial charge in [0, 0.05) is 18.3 Å². The lowest BCUT2D eigenvalue weighted by molar-refractivity contribution is 0.0523. The number of carbonyl (C=O) groups excluding carboxylic acids is 1. The Bertz CT molecular complexity index is 618. The second-order valence-corrected chi connectivity index (χ2v) is 5.69. The number of alkyl carbamates (subject to hydrolysis) is 1. The fourth-order valence-corrected chi connectivity index (χ4v) is 1.82. The largest absolute Gasteiger partial charge is 0.444 e. The predicted molar refractivity (Wildman–Crippen MR) is 77.1 cm³/mol. The van der Waals surface area contributed by atoms with E-state index in [0.29, 0.717) is 11.1 Å². The zero-order chi connectivity index (χ0) is 15.5. The zero-order valence-corrected chi connectivity index (χ0v) is 12.2. The Kier molecular flexibility index (Phi) is 4.26. The number of nitrogens with one attached hydrogen (secondary N) is 2. The highest BCUT2D eigenvalue weighted by Gasteiger charge is 2.15. The molecule has 0 aliphatic rings. The second kappa shape index (κ2) is 5.95. The molecule has 0 bridgehead atoms. The number of ether oxygens (including phenoxy) is 1. The lowest BCUT2D eigenvalue weighted by Gasteiger charge is -2.19. The van der Waals surface area contributed by atoms with E-state index in [9.17, 15) is 9.18 Å². The summed E-state index contributed by atoms with van der Waals surface area (Å²) in [5.74, 6) is -0.366. The fraction of sp³-hybridized carbons (Fsp3) is 0.333. The second-order valence-electron chi connectivity index (χ2n) is 5.69. The molecule has 1 heterocycles. The first kappa shape index (κ1) is 15.0. The van der Waals surface area contributed by atoms with Crippen LogP contribution in [0.2, 0.25) is 0 Å². The molecule has 0 radical (unpaired) electrons. The van der Waals surface area contributed by atoms with E-state index in [1.807, 2.05) is 0 Å². The van der Waals surface area contributed by atoms with Gasteiger partial charge in [0.25, 0.3) is 0 Å². The van der Waals surface area contributed by atoms with Crippen LogP contribution in [0, 0.1) is 5.82 Å². The number of rotatable bonds is 3. The molecule has 2 rings (SSSR count). The average molecular weight is 291 g/mol. The van der Waals surface area contributed by atoms with Crippen LogP contribution in [0.25, 0.3) is 11.1 Å². The molecule has 2 aromatic rings. The first-order valence-corrected chi connectivity index (χ1v) is 6.59. The SMILES string of the molecule is CC(C)(C)OC(=O)NCc1cc(F)cc(-c2cn[nH]c2)c1. The van der Waals surface area contributed by atoms with Gasteiger partial charge in [-0.05, 0) is 50.1 Å². The maximum atomic E-state index is 13.6. The summed E-state index contributed by atoms with van der Waals surface area (Å²) in [5.41, 5.74) is 1.57. The molecule has 6 heteroatoms. The summed E-state index contributed by atoms with van der Waals surface area (Å²) in [6, 6.07) is 4.59. The van der Waals surface area contributed by atoms with Crippen LogP contribution in [0.5, 0.6) is 0 Å². The fourth-order valence-electron chi connectivity index (χ4n) is 1.82. The third-order valence-corrected chi connectivity index (χ3v) is 2.62. The Morgan fingerprint density at radius 3 is 2.71 bits per heavy atom. The first-order valence-electron chi connectivity index (χ1n) is 6.59. The number of nitrogens with zero attached hydrogens (tertiary/aromatic N) is 1. The van der Waals surface area contributed by atoms with E-state index < -0.39 is 11.7 Å². The molecule has 1 aromatic carbocycles. The number of aromatic amines is 1. The van der Waals surface area contributed by atoms with Gasteiger partial charge in [-0.2, -0.15) is 5.10 Å². The number of aromatic nitrogens is 2. The number of halogens is 1. The quantitative estimate of drug-likeness (QED) is 0.912. The van der Waals surface area contributed by atoms with Gasteiger partial charge in [-0.15, -0.1) is 0 Å². The number of benzene rings is 1. The minimum Gasteiger partial charge on any atom is -0.444 e. The van der Waals surface area contributed by atoms with Crippen molar-refractivity contribution in [2.75, 3.05) is 0 Å². The van der Waals surface area contributed by atoms with E-state index in [0.717, 1.165) is 5.56 Å². The van der Waals surface area contributed by atoms with Gasteiger partial charge in [-0.1, -0.05) is 0 Å². The Morgan fingerprint density at radius 2 is 2.10 bits per heavy atom. The number of carbonyl (C=O) groups is 1. The van der Waals surface area contributed by atoms with Crippen molar-refractivity contribution >= 4 is 6.09 Å². The van der Waals surface area contributed by atoms with Gasteiger partial charge < -0.3 is 10.1 Å². The third-order valence-electron chi connectivity index (χ3n) is 2.62. The number of hydrogen-bond acceptors (Lipinski definition) is 3. The van der Waals surface area contributed by atoms with Crippen molar-refractivity contribution in [1.29, 1.82) is 0 Å².